The van der Waals surface area contributed by atoms with Gasteiger partial charge in [0.1, 0.15) is 18.9 Å². The molecule has 0 aliphatic rings. The third kappa shape index (κ3) is 2.84. The van der Waals surface area contributed by atoms with E-state index in [0.29, 0.717) is 22.2 Å². The fourth-order valence-electron chi connectivity index (χ4n) is 4.16. The van der Waals surface area contributed by atoms with Crippen LogP contribution in [0.25, 0.3) is 38.4 Å². The first-order chi connectivity index (χ1) is 15.6. The lowest BCUT2D eigenvalue weighted by Crippen LogP contribution is -2.26. The lowest BCUT2D eigenvalue weighted by atomic mass is 10.2. The number of hydrogen-bond donors (Lipinski definition) is 1. The van der Waals surface area contributed by atoms with Crippen LogP contribution in [0.3, 0.4) is 0 Å². The topological polar surface area (TPSA) is 94.4 Å². The van der Waals surface area contributed by atoms with Crippen LogP contribution in [-0.2, 0) is 13.6 Å². The number of aryl methyl sites for hydroxylation is 1. The summed E-state index contributed by atoms with van der Waals surface area (Å²) >= 11 is 0. The van der Waals surface area contributed by atoms with Gasteiger partial charge in [-0.3, -0.25) is 14.2 Å². The molecule has 0 unspecified atom stereocenters. The molecule has 4 heterocycles. The van der Waals surface area contributed by atoms with Gasteiger partial charge in [0.2, 0.25) is 6.33 Å². The third-order valence-electron chi connectivity index (χ3n) is 5.64. The van der Waals surface area contributed by atoms with E-state index in [4.69, 9.17) is 4.98 Å². The SMILES string of the molecule is C[n+]1ccn(CC([O-])=Nc2ccc3nc4c5[nH]c6ccccc6c5ccn4c(=O)c3c2)c1. The second-order valence-electron chi connectivity index (χ2n) is 7.84. The van der Waals surface area contributed by atoms with Gasteiger partial charge in [-0.1, -0.05) is 18.2 Å². The van der Waals surface area contributed by atoms with Gasteiger partial charge in [-0.25, -0.2) is 14.1 Å². The summed E-state index contributed by atoms with van der Waals surface area (Å²) < 4.78 is 5.14. The zero-order valence-electron chi connectivity index (χ0n) is 17.2. The van der Waals surface area contributed by atoms with E-state index in [9.17, 15) is 9.90 Å². The molecule has 32 heavy (non-hydrogen) atoms. The molecule has 1 N–H and O–H groups in total. The molecular formula is C24H18N6O2. The Morgan fingerprint density at radius 2 is 2.00 bits per heavy atom. The first-order valence-electron chi connectivity index (χ1n) is 10.2. The highest BCUT2D eigenvalue weighted by Gasteiger charge is 2.12. The van der Waals surface area contributed by atoms with Crippen LogP contribution in [0, 0.1) is 0 Å². The molecule has 6 aromatic rings. The molecule has 0 saturated carbocycles. The normalized spacial score (nSPS) is 12.5. The largest absolute Gasteiger partial charge is 0.859 e. The van der Waals surface area contributed by atoms with E-state index in [1.807, 2.05) is 48.1 Å². The van der Waals surface area contributed by atoms with Crippen LogP contribution < -0.4 is 15.2 Å². The summed E-state index contributed by atoms with van der Waals surface area (Å²) in [7, 11) is 1.88. The number of para-hydroxylation sites is 1. The summed E-state index contributed by atoms with van der Waals surface area (Å²) in [5.74, 6) is -0.297. The Labute approximate surface area is 181 Å². The predicted molar refractivity (Wildman–Crippen MR) is 121 cm³/mol. The van der Waals surface area contributed by atoms with Crippen molar-refractivity contribution in [2.45, 2.75) is 6.54 Å². The predicted octanol–water partition coefficient (Wildman–Crippen LogP) is 2.20. The van der Waals surface area contributed by atoms with Crippen LogP contribution in [0.4, 0.5) is 5.69 Å². The van der Waals surface area contributed by atoms with Crippen LogP contribution in [0.2, 0.25) is 0 Å². The van der Waals surface area contributed by atoms with Gasteiger partial charge in [-0.05, 0) is 30.3 Å². The van der Waals surface area contributed by atoms with Gasteiger partial charge in [-0.15, -0.1) is 0 Å². The Hall–Kier alpha value is -4.46. The summed E-state index contributed by atoms with van der Waals surface area (Å²) in [4.78, 5) is 25.6. The summed E-state index contributed by atoms with van der Waals surface area (Å²) in [5.41, 5.74) is 3.17. The molecule has 0 fully saturated rings. The zero-order chi connectivity index (χ0) is 21.8. The molecule has 0 bridgehead atoms. The highest BCUT2D eigenvalue weighted by Crippen LogP contribution is 2.28. The summed E-state index contributed by atoms with van der Waals surface area (Å²) in [6, 6.07) is 15.0. The molecule has 0 atom stereocenters. The maximum Gasteiger partial charge on any atom is 0.265 e. The van der Waals surface area contributed by atoms with Crippen molar-refractivity contribution >= 4 is 49.9 Å². The Morgan fingerprint density at radius 1 is 1.12 bits per heavy atom. The van der Waals surface area contributed by atoms with E-state index in [-0.39, 0.29) is 18.0 Å². The summed E-state index contributed by atoms with van der Waals surface area (Å²) in [6.07, 6.45) is 7.21. The van der Waals surface area contributed by atoms with Crippen molar-refractivity contribution in [3.63, 3.8) is 0 Å². The van der Waals surface area contributed by atoms with Crippen molar-refractivity contribution < 1.29 is 9.67 Å². The van der Waals surface area contributed by atoms with Crippen molar-refractivity contribution in [3.8, 4) is 0 Å². The highest BCUT2D eigenvalue weighted by molar-refractivity contribution is 6.11. The summed E-state index contributed by atoms with van der Waals surface area (Å²) in [6.45, 7) is 0.131. The molecule has 2 aromatic carbocycles. The number of H-pyrrole nitrogens is 1. The second kappa shape index (κ2) is 6.78. The average molecular weight is 422 g/mol. The first kappa shape index (κ1) is 18.3. The number of aromatic amines is 1. The number of benzene rings is 2. The monoisotopic (exact) mass is 422 g/mol. The minimum atomic E-state index is -0.297. The number of imidazole rings is 1. The van der Waals surface area contributed by atoms with Gasteiger partial charge < -0.3 is 10.1 Å². The maximum absolute atomic E-state index is 13.3. The number of aliphatic imine (C=N–C) groups is 1. The van der Waals surface area contributed by atoms with E-state index >= 15 is 0 Å². The number of aromatic nitrogens is 5. The van der Waals surface area contributed by atoms with Gasteiger partial charge in [0.05, 0.1) is 29.2 Å². The van der Waals surface area contributed by atoms with Gasteiger partial charge in [-0.2, -0.15) is 0 Å². The van der Waals surface area contributed by atoms with Gasteiger partial charge in [0, 0.05) is 28.4 Å². The van der Waals surface area contributed by atoms with Crippen LogP contribution in [-0.4, -0.2) is 24.8 Å². The average Bonchev–Trinajstić information content (AvgIpc) is 3.37. The Kier molecular flexibility index (Phi) is 3.88. The van der Waals surface area contributed by atoms with Gasteiger partial charge in [0.25, 0.3) is 5.56 Å². The van der Waals surface area contributed by atoms with E-state index < -0.39 is 0 Å². The third-order valence-corrected chi connectivity index (χ3v) is 5.64. The molecule has 0 aliphatic heterocycles. The van der Waals surface area contributed by atoms with Crippen molar-refractivity contribution in [3.05, 3.63) is 83.8 Å². The summed E-state index contributed by atoms with van der Waals surface area (Å²) in [5, 5.41) is 14.9. The molecule has 0 saturated heterocycles. The van der Waals surface area contributed by atoms with Crippen molar-refractivity contribution in [1.29, 1.82) is 0 Å². The second-order valence-corrected chi connectivity index (χ2v) is 7.84. The van der Waals surface area contributed by atoms with E-state index in [0.717, 1.165) is 21.8 Å². The Morgan fingerprint density at radius 3 is 2.84 bits per heavy atom. The quantitative estimate of drug-likeness (QED) is 0.205. The van der Waals surface area contributed by atoms with Crippen LogP contribution in [0.5, 0.6) is 0 Å². The first-order valence-corrected chi connectivity index (χ1v) is 10.2. The number of hydrogen-bond acceptors (Lipinski definition) is 4. The molecule has 6 rings (SSSR count). The molecule has 0 aliphatic carbocycles. The Bertz CT molecular complexity index is 1760. The van der Waals surface area contributed by atoms with Crippen LogP contribution in [0.15, 0.2) is 83.2 Å². The lowest BCUT2D eigenvalue weighted by Gasteiger charge is -2.09. The lowest BCUT2D eigenvalue weighted by molar-refractivity contribution is -0.671. The minimum Gasteiger partial charge on any atom is -0.859 e. The zero-order valence-corrected chi connectivity index (χ0v) is 17.2. The minimum absolute atomic E-state index is 0.131. The number of pyridine rings is 1. The number of nitrogens with one attached hydrogen (secondary N) is 1. The van der Waals surface area contributed by atoms with Crippen molar-refractivity contribution in [2.24, 2.45) is 12.0 Å². The molecule has 0 amide bonds. The number of rotatable bonds is 3. The smallest absolute Gasteiger partial charge is 0.265 e. The molecule has 0 spiro atoms. The van der Waals surface area contributed by atoms with Gasteiger partial charge >= 0.3 is 0 Å². The van der Waals surface area contributed by atoms with Crippen LogP contribution >= 0.6 is 0 Å². The molecular weight excluding hydrogens is 404 g/mol. The molecule has 4 aromatic heterocycles. The van der Waals surface area contributed by atoms with Crippen LogP contribution in [0.1, 0.15) is 0 Å². The van der Waals surface area contributed by atoms with E-state index in [1.54, 1.807) is 41.5 Å². The van der Waals surface area contributed by atoms with Crippen molar-refractivity contribution in [1.82, 2.24) is 18.9 Å². The maximum atomic E-state index is 13.3. The fourth-order valence-corrected chi connectivity index (χ4v) is 4.16. The Balaban J connectivity index is 1.49. The molecule has 0 radical (unpaired) electrons. The molecule has 156 valence electrons. The van der Waals surface area contributed by atoms with Gasteiger partial charge in [0.15, 0.2) is 5.65 Å². The van der Waals surface area contributed by atoms with E-state index in [2.05, 4.69) is 9.98 Å². The fraction of sp³-hybridized carbons (Fsp3) is 0.0833. The molecule has 8 heteroatoms. The number of nitrogens with zero attached hydrogens (tertiary/aromatic N) is 5. The number of fused-ring (bicyclic) bond motifs is 6. The molecule has 8 nitrogen and oxygen atoms in total. The highest BCUT2D eigenvalue weighted by atomic mass is 16.3. The van der Waals surface area contributed by atoms with Crippen molar-refractivity contribution in [2.75, 3.05) is 0 Å². The van der Waals surface area contributed by atoms with E-state index in [1.165, 1.54) is 4.40 Å². The standard InChI is InChI=1S/C24H18N6O2/c1-28-10-11-29(14-28)13-21(31)25-15-6-7-20-18(12-15)24(32)30-9-8-17-16-4-2-3-5-19(16)26-22(17)23(30)27-20/h2-12,14H,13H2,1H3,(H-,25,26,27,31,32).